The van der Waals surface area contributed by atoms with Crippen molar-refractivity contribution in [3.05, 3.63) is 51.8 Å². The van der Waals surface area contributed by atoms with Crippen molar-refractivity contribution in [1.29, 1.82) is 5.26 Å². The van der Waals surface area contributed by atoms with E-state index in [-0.39, 0.29) is 11.7 Å². The summed E-state index contributed by atoms with van der Waals surface area (Å²) in [5, 5.41) is 22.3. The van der Waals surface area contributed by atoms with Crippen LogP contribution in [0.5, 0.6) is 0 Å². The monoisotopic (exact) mass is 336 g/mol. The number of hydrogen-bond acceptors (Lipinski definition) is 5. The van der Waals surface area contributed by atoms with Crippen molar-refractivity contribution in [3.8, 4) is 16.6 Å². The second-order valence-electron chi connectivity index (χ2n) is 6.06. The molecule has 6 heteroatoms. The fraction of sp³-hybridized carbons (Fsp3) is 0.278. The smallest absolute Gasteiger partial charge is 0.161 e. The molecule has 0 aromatic carbocycles. The fourth-order valence-electron chi connectivity index (χ4n) is 3.57. The molecule has 0 saturated carbocycles. The fourth-order valence-corrected chi connectivity index (χ4v) is 4.32. The number of rotatable bonds is 2. The Bertz CT molecular complexity index is 911. The van der Waals surface area contributed by atoms with Gasteiger partial charge in [0.1, 0.15) is 0 Å². The molecule has 0 amide bonds. The molecule has 0 bridgehead atoms. The van der Waals surface area contributed by atoms with E-state index in [1.807, 2.05) is 24.4 Å². The molecule has 0 fully saturated rings. The third-order valence-corrected chi connectivity index (χ3v) is 5.53. The molecule has 0 unspecified atom stereocenters. The minimum atomic E-state index is -0.338. The first kappa shape index (κ1) is 14.9. The summed E-state index contributed by atoms with van der Waals surface area (Å²) in [5.74, 6) is -0.206. The predicted octanol–water partition coefficient (Wildman–Crippen LogP) is 3.63. The summed E-state index contributed by atoms with van der Waals surface area (Å²) in [4.78, 5) is 13.7. The van der Waals surface area contributed by atoms with Crippen LogP contribution >= 0.6 is 11.3 Å². The first-order valence-electron chi connectivity index (χ1n) is 7.92. The van der Waals surface area contributed by atoms with Gasteiger partial charge in [-0.1, -0.05) is 6.07 Å². The number of Topliss-reactive ketones (excluding diaryl/α,β-unsaturated/α-hetero) is 1. The molecule has 1 atom stereocenters. The largest absolute Gasteiger partial charge is 0.361 e. The molecule has 24 heavy (non-hydrogen) atoms. The van der Waals surface area contributed by atoms with Crippen LogP contribution in [0.25, 0.3) is 10.6 Å². The zero-order chi connectivity index (χ0) is 16.7. The van der Waals surface area contributed by atoms with Gasteiger partial charge in [0.25, 0.3) is 0 Å². The van der Waals surface area contributed by atoms with Crippen molar-refractivity contribution >= 4 is 17.1 Å². The highest BCUT2D eigenvalue weighted by Gasteiger charge is 2.37. The van der Waals surface area contributed by atoms with Crippen LogP contribution in [0.1, 0.15) is 37.7 Å². The molecule has 1 aliphatic carbocycles. The van der Waals surface area contributed by atoms with Gasteiger partial charge < -0.3 is 5.32 Å². The molecule has 3 heterocycles. The van der Waals surface area contributed by atoms with E-state index in [4.69, 9.17) is 0 Å². The number of hydrogen-bond donors (Lipinski definition) is 2. The first-order chi connectivity index (χ1) is 11.7. The van der Waals surface area contributed by atoms with Gasteiger partial charge in [0.2, 0.25) is 0 Å². The number of aromatic amines is 1. The molecule has 1 aliphatic heterocycles. The number of nitrogens with one attached hydrogen (secondary N) is 2. The highest BCUT2D eigenvalue weighted by atomic mass is 32.1. The topological polar surface area (TPSA) is 81.6 Å². The molecule has 2 N–H and O–H groups in total. The van der Waals surface area contributed by atoms with Crippen molar-refractivity contribution in [1.82, 2.24) is 15.5 Å². The third-order valence-electron chi connectivity index (χ3n) is 4.64. The number of H-pyrrole nitrogens is 1. The highest BCUT2D eigenvalue weighted by molar-refractivity contribution is 7.13. The van der Waals surface area contributed by atoms with E-state index in [9.17, 15) is 10.1 Å². The van der Waals surface area contributed by atoms with Crippen molar-refractivity contribution in [3.63, 3.8) is 0 Å². The molecular formula is C18H16N4OS. The molecule has 120 valence electrons. The lowest BCUT2D eigenvalue weighted by Gasteiger charge is -2.32. The number of carbonyl (C=O) groups excluding carboxylic acids is 1. The summed E-state index contributed by atoms with van der Waals surface area (Å²) in [5.41, 5.74) is 4.92. The van der Waals surface area contributed by atoms with E-state index >= 15 is 0 Å². The van der Waals surface area contributed by atoms with E-state index in [0.717, 1.165) is 45.9 Å². The normalized spacial score (nSPS) is 20.7. The van der Waals surface area contributed by atoms with Gasteiger partial charge in [-0.2, -0.15) is 10.4 Å². The maximum atomic E-state index is 12.6. The predicted molar refractivity (Wildman–Crippen MR) is 92.0 cm³/mol. The molecule has 5 nitrogen and oxygen atoms in total. The van der Waals surface area contributed by atoms with Gasteiger partial charge in [0.05, 0.1) is 34.3 Å². The van der Waals surface area contributed by atoms with Gasteiger partial charge in [0.15, 0.2) is 5.78 Å². The quantitative estimate of drug-likeness (QED) is 0.877. The van der Waals surface area contributed by atoms with Gasteiger partial charge in [-0.3, -0.25) is 9.89 Å². The van der Waals surface area contributed by atoms with Crippen LogP contribution in [-0.2, 0) is 4.79 Å². The van der Waals surface area contributed by atoms with Crippen molar-refractivity contribution in [2.45, 2.75) is 32.1 Å². The second-order valence-corrected chi connectivity index (χ2v) is 7.00. The number of nitrogens with zero attached hydrogens (tertiary/aromatic N) is 2. The van der Waals surface area contributed by atoms with Gasteiger partial charge >= 0.3 is 0 Å². The van der Waals surface area contributed by atoms with E-state index < -0.39 is 0 Å². The lowest BCUT2D eigenvalue weighted by atomic mass is 9.75. The Labute approximate surface area is 143 Å². The minimum Gasteiger partial charge on any atom is -0.361 e. The van der Waals surface area contributed by atoms with Crippen LogP contribution in [0.4, 0.5) is 0 Å². The zero-order valence-electron chi connectivity index (χ0n) is 13.2. The Hall–Kier alpha value is -2.65. The van der Waals surface area contributed by atoms with Crippen LogP contribution in [-0.4, -0.2) is 16.0 Å². The zero-order valence-corrected chi connectivity index (χ0v) is 14.0. The second kappa shape index (κ2) is 5.77. The summed E-state index contributed by atoms with van der Waals surface area (Å²) in [6.07, 6.45) is 4.00. The molecule has 0 radical (unpaired) electrons. The molecule has 4 rings (SSSR count). The van der Waals surface area contributed by atoms with Gasteiger partial charge in [-0.05, 0) is 31.2 Å². The Morgan fingerprint density at radius 2 is 2.29 bits per heavy atom. The minimum absolute atomic E-state index is 0.132. The van der Waals surface area contributed by atoms with Crippen molar-refractivity contribution in [2.75, 3.05) is 0 Å². The Morgan fingerprint density at radius 1 is 1.42 bits per heavy atom. The summed E-state index contributed by atoms with van der Waals surface area (Å²) in [6, 6.07) is 6.31. The van der Waals surface area contributed by atoms with E-state index in [1.165, 1.54) is 0 Å². The van der Waals surface area contributed by atoms with Gasteiger partial charge in [-0.15, -0.1) is 11.3 Å². The van der Waals surface area contributed by atoms with Gasteiger partial charge in [-0.25, -0.2) is 0 Å². The Balaban J connectivity index is 1.92. The summed E-state index contributed by atoms with van der Waals surface area (Å²) in [6.45, 7) is 1.90. The average Bonchev–Trinajstić information content (AvgIpc) is 3.24. The lowest BCUT2D eigenvalue weighted by molar-refractivity contribution is -0.116. The van der Waals surface area contributed by atoms with Gasteiger partial charge in [0, 0.05) is 29.0 Å². The molecular weight excluding hydrogens is 320 g/mol. The van der Waals surface area contributed by atoms with Crippen LogP contribution in [0, 0.1) is 11.3 Å². The standard InChI is InChI=1S/C18H16N4OS/c1-10-11(8-19)16(17-13(21-10)4-2-5-14(17)23)12-9-20-22-18(12)15-6-3-7-24-15/h3,6-7,9,16,21H,2,4-5H2,1H3,(H,20,22)/t16-/m1/s1. The molecule has 2 aromatic heterocycles. The SMILES string of the molecule is CC1=C(C#N)[C@H](c2cn[nH]c2-c2cccs2)C2=C(CCCC2=O)N1. The number of dihydropyridines is 1. The number of thiophene rings is 1. The molecule has 0 saturated heterocycles. The number of allylic oxidation sites excluding steroid dienone is 4. The lowest BCUT2D eigenvalue weighted by Crippen LogP contribution is -2.31. The van der Waals surface area contributed by atoms with E-state index in [0.29, 0.717) is 12.0 Å². The van der Waals surface area contributed by atoms with Crippen LogP contribution in [0.2, 0.25) is 0 Å². The molecule has 0 spiro atoms. The van der Waals surface area contributed by atoms with Crippen molar-refractivity contribution in [2.24, 2.45) is 0 Å². The Kier molecular flexibility index (Phi) is 3.58. The summed E-state index contributed by atoms with van der Waals surface area (Å²) < 4.78 is 0. The third kappa shape index (κ3) is 2.21. The maximum absolute atomic E-state index is 12.6. The average molecular weight is 336 g/mol. The number of carbonyl (C=O) groups is 1. The van der Waals surface area contributed by atoms with Crippen LogP contribution in [0.15, 0.2) is 46.2 Å². The first-order valence-corrected chi connectivity index (χ1v) is 8.80. The van der Waals surface area contributed by atoms with Crippen LogP contribution < -0.4 is 5.32 Å². The number of ketones is 1. The number of nitriles is 1. The van der Waals surface area contributed by atoms with E-state index in [1.54, 1.807) is 17.5 Å². The van der Waals surface area contributed by atoms with Crippen LogP contribution in [0.3, 0.4) is 0 Å². The number of aromatic nitrogens is 2. The van der Waals surface area contributed by atoms with E-state index in [2.05, 4.69) is 21.6 Å². The molecule has 2 aromatic rings. The van der Waals surface area contributed by atoms with Crippen molar-refractivity contribution < 1.29 is 4.79 Å². The summed E-state index contributed by atoms with van der Waals surface area (Å²) in [7, 11) is 0. The highest BCUT2D eigenvalue weighted by Crippen LogP contribution is 2.44. The Morgan fingerprint density at radius 3 is 3.04 bits per heavy atom. The maximum Gasteiger partial charge on any atom is 0.161 e. The summed E-state index contributed by atoms with van der Waals surface area (Å²) >= 11 is 1.61. The molecule has 2 aliphatic rings.